The molecule has 1 amide bonds. The maximum absolute atomic E-state index is 12.9. The van der Waals surface area contributed by atoms with Gasteiger partial charge in [0.05, 0.1) is 15.6 Å². The Morgan fingerprint density at radius 1 is 1.08 bits per heavy atom. The van der Waals surface area contributed by atoms with E-state index in [1.165, 1.54) is 6.42 Å². The van der Waals surface area contributed by atoms with Gasteiger partial charge in [0, 0.05) is 68.9 Å². The van der Waals surface area contributed by atoms with E-state index in [-0.39, 0.29) is 11.3 Å². The molecule has 200 valence electrons. The molecular formula is C29H32N8OS. The monoisotopic (exact) mass is 540 g/mol. The highest BCUT2D eigenvalue weighted by atomic mass is 32.1. The van der Waals surface area contributed by atoms with E-state index in [0.29, 0.717) is 17.9 Å². The molecule has 2 aliphatic heterocycles. The van der Waals surface area contributed by atoms with Crippen molar-refractivity contribution >= 4 is 45.0 Å². The number of anilines is 3. The van der Waals surface area contributed by atoms with E-state index in [1.54, 1.807) is 16.2 Å². The lowest BCUT2D eigenvalue weighted by molar-refractivity contribution is -0.131. The number of piperazine rings is 1. The number of thiazole rings is 1. The highest BCUT2D eigenvalue weighted by Gasteiger charge is 2.52. The van der Waals surface area contributed by atoms with Crippen LogP contribution in [-0.4, -0.2) is 82.0 Å². The van der Waals surface area contributed by atoms with Crippen molar-refractivity contribution in [1.29, 1.82) is 0 Å². The summed E-state index contributed by atoms with van der Waals surface area (Å²) in [7, 11) is 5.86. The van der Waals surface area contributed by atoms with E-state index < -0.39 is 0 Å². The molecule has 10 heteroatoms. The molecule has 3 aromatic heterocycles. The largest absolute Gasteiger partial charge is 0.348 e. The third-order valence-electron chi connectivity index (χ3n) is 8.37. The minimum absolute atomic E-state index is 0.177. The van der Waals surface area contributed by atoms with E-state index in [4.69, 9.17) is 15.0 Å². The third-order valence-corrected chi connectivity index (χ3v) is 9.43. The number of nitrogens with one attached hydrogen (secondary N) is 1. The summed E-state index contributed by atoms with van der Waals surface area (Å²) in [5.74, 6) is 2.41. The number of aromatic nitrogens is 4. The highest BCUT2D eigenvalue weighted by Crippen LogP contribution is 2.50. The second kappa shape index (κ2) is 8.96. The second-order valence-corrected chi connectivity index (χ2v) is 12.4. The number of carbonyl (C=O) groups is 1. The van der Waals surface area contributed by atoms with Crippen LogP contribution in [0, 0.1) is 6.92 Å². The van der Waals surface area contributed by atoms with Gasteiger partial charge in [-0.15, -0.1) is 11.3 Å². The van der Waals surface area contributed by atoms with Crippen LogP contribution in [0.4, 0.5) is 17.6 Å². The zero-order chi connectivity index (χ0) is 26.9. The standard InChI is InChI=1S/C29H32N8OS/c1-17-10-25(34-28(31-17)37-16-20-12-21(37)15-36(20)4)33-24-13-22-23(14-30-24)39-26(32-22)18-6-5-7-19(11-18)29(8-9-29)27(38)35(2)3/h5-7,10-11,13-14,20-21H,8-9,12,15-16H2,1-4H3,(H,30,31,33,34)/t20-,21-/m0/s1. The Morgan fingerprint density at radius 3 is 2.64 bits per heavy atom. The van der Waals surface area contributed by atoms with Crippen LogP contribution in [0.3, 0.4) is 0 Å². The molecule has 2 saturated heterocycles. The van der Waals surface area contributed by atoms with Gasteiger partial charge in [0.25, 0.3) is 0 Å². The summed E-state index contributed by atoms with van der Waals surface area (Å²) in [5, 5.41) is 4.31. The van der Waals surface area contributed by atoms with Gasteiger partial charge in [-0.3, -0.25) is 9.69 Å². The molecule has 7 rings (SSSR count). The second-order valence-electron chi connectivity index (χ2n) is 11.4. The minimum Gasteiger partial charge on any atom is -0.348 e. The average molecular weight is 541 g/mol. The fourth-order valence-electron chi connectivity index (χ4n) is 6.14. The number of aryl methyl sites for hydroxylation is 1. The molecule has 5 heterocycles. The Balaban J connectivity index is 1.14. The zero-order valence-corrected chi connectivity index (χ0v) is 23.5. The average Bonchev–Trinajstić information content (AvgIpc) is 3.25. The molecule has 2 atom stereocenters. The van der Waals surface area contributed by atoms with Crippen molar-refractivity contribution < 1.29 is 4.79 Å². The van der Waals surface area contributed by atoms with Crippen LogP contribution < -0.4 is 10.2 Å². The van der Waals surface area contributed by atoms with Gasteiger partial charge in [0.15, 0.2) is 0 Å². The number of carbonyl (C=O) groups excluding carboxylic acids is 1. The van der Waals surface area contributed by atoms with Crippen LogP contribution in [-0.2, 0) is 10.2 Å². The molecule has 39 heavy (non-hydrogen) atoms. The summed E-state index contributed by atoms with van der Waals surface area (Å²) in [6.45, 7) is 4.04. The van der Waals surface area contributed by atoms with Crippen LogP contribution in [0.5, 0.6) is 0 Å². The lowest BCUT2D eigenvalue weighted by Gasteiger charge is -2.32. The first-order valence-electron chi connectivity index (χ1n) is 13.5. The van der Waals surface area contributed by atoms with E-state index in [0.717, 1.165) is 69.7 Å². The SMILES string of the molecule is Cc1cc(Nc2cc3nc(-c4cccc(C5(C(=O)N(C)C)CC5)c4)sc3cn2)nc(N2C[C@@H]3C[C@H]2CN3C)n1. The maximum atomic E-state index is 12.9. The summed E-state index contributed by atoms with van der Waals surface area (Å²) in [5.41, 5.74) is 3.54. The van der Waals surface area contributed by atoms with Gasteiger partial charge in [-0.1, -0.05) is 18.2 Å². The Kier molecular flexibility index (Phi) is 5.61. The predicted molar refractivity (Wildman–Crippen MR) is 155 cm³/mol. The fourth-order valence-corrected chi connectivity index (χ4v) is 7.05. The van der Waals surface area contributed by atoms with Gasteiger partial charge in [-0.05, 0) is 44.9 Å². The molecular weight excluding hydrogens is 508 g/mol. The maximum Gasteiger partial charge on any atom is 0.232 e. The number of likely N-dealkylation sites (tertiary alicyclic amines) is 1. The number of nitrogens with zero attached hydrogens (tertiary/aromatic N) is 7. The number of amides is 1. The smallest absolute Gasteiger partial charge is 0.232 e. The number of pyridine rings is 1. The van der Waals surface area contributed by atoms with Crippen molar-refractivity contribution in [3.63, 3.8) is 0 Å². The molecule has 1 N–H and O–H groups in total. The van der Waals surface area contributed by atoms with Crippen molar-refractivity contribution in [3.8, 4) is 10.6 Å². The zero-order valence-electron chi connectivity index (χ0n) is 22.7. The summed E-state index contributed by atoms with van der Waals surface area (Å²) >= 11 is 1.62. The quantitative estimate of drug-likeness (QED) is 0.389. The number of likely N-dealkylation sites (N-methyl/N-ethyl adjacent to an activating group) is 2. The Labute approximate surface area is 231 Å². The van der Waals surface area contributed by atoms with E-state index >= 15 is 0 Å². The van der Waals surface area contributed by atoms with Crippen molar-refractivity contribution in [2.24, 2.45) is 0 Å². The predicted octanol–water partition coefficient (Wildman–Crippen LogP) is 4.21. The van der Waals surface area contributed by atoms with Gasteiger partial charge >= 0.3 is 0 Å². The van der Waals surface area contributed by atoms with Gasteiger partial charge in [0.1, 0.15) is 16.6 Å². The van der Waals surface area contributed by atoms with E-state index in [2.05, 4.69) is 45.3 Å². The highest BCUT2D eigenvalue weighted by molar-refractivity contribution is 7.21. The van der Waals surface area contributed by atoms with Gasteiger partial charge in [-0.2, -0.15) is 4.98 Å². The molecule has 0 unspecified atom stereocenters. The number of hydrogen-bond acceptors (Lipinski definition) is 9. The first kappa shape index (κ1) is 24.4. The van der Waals surface area contributed by atoms with Crippen molar-refractivity contribution in [2.45, 2.75) is 43.7 Å². The molecule has 3 aliphatic rings. The molecule has 0 radical (unpaired) electrons. The van der Waals surface area contributed by atoms with Crippen LogP contribution in [0.15, 0.2) is 42.6 Å². The Morgan fingerprint density at radius 2 is 1.92 bits per heavy atom. The topological polar surface area (TPSA) is 90.4 Å². The molecule has 9 nitrogen and oxygen atoms in total. The Hall–Kier alpha value is -3.63. The lowest BCUT2D eigenvalue weighted by atomic mass is 9.93. The molecule has 1 saturated carbocycles. The van der Waals surface area contributed by atoms with Gasteiger partial charge in [0.2, 0.25) is 11.9 Å². The summed E-state index contributed by atoms with van der Waals surface area (Å²) < 4.78 is 1.02. The first-order valence-corrected chi connectivity index (χ1v) is 14.3. The van der Waals surface area contributed by atoms with Crippen molar-refractivity contribution in [3.05, 3.63) is 53.9 Å². The number of fused-ring (bicyclic) bond motifs is 3. The molecule has 4 aromatic rings. The third kappa shape index (κ3) is 4.22. The van der Waals surface area contributed by atoms with Gasteiger partial charge < -0.3 is 15.1 Å². The van der Waals surface area contributed by atoms with E-state index in [9.17, 15) is 4.79 Å². The number of hydrogen-bond donors (Lipinski definition) is 1. The van der Waals surface area contributed by atoms with Gasteiger partial charge in [-0.25, -0.2) is 15.0 Å². The number of benzene rings is 1. The lowest BCUT2D eigenvalue weighted by Crippen LogP contribution is -2.45. The van der Waals surface area contributed by atoms with Crippen molar-refractivity contribution in [1.82, 2.24) is 29.7 Å². The minimum atomic E-state index is -0.381. The molecule has 1 aliphatic carbocycles. The molecule has 1 aromatic carbocycles. The van der Waals surface area contributed by atoms with Crippen LogP contribution >= 0.6 is 11.3 Å². The number of rotatable bonds is 6. The summed E-state index contributed by atoms with van der Waals surface area (Å²) in [4.78, 5) is 38.5. The van der Waals surface area contributed by atoms with Crippen LogP contribution in [0.1, 0.15) is 30.5 Å². The normalized spacial score (nSPS) is 21.5. The summed E-state index contributed by atoms with van der Waals surface area (Å²) in [6.07, 6.45) is 4.83. The molecule has 3 fully saturated rings. The van der Waals surface area contributed by atoms with Crippen molar-refractivity contribution in [2.75, 3.05) is 44.4 Å². The molecule has 0 spiro atoms. The fraction of sp³-hybridized carbons (Fsp3) is 0.414. The van der Waals surface area contributed by atoms with Crippen LogP contribution in [0.2, 0.25) is 0 Å². The Bertz CT molecular complexity index is 1590. The van der Waals surface area contributed by atoms with Crippen LogP contribution in [0.25, 0.3) is 20.8 Å². The summed E-state index contributed by atoms with van der Waals surface area (Å²) in [6, 6.07) is 13.3. The molecule has 2 bridgehead atoms. The van der Waals surface area contributed by atoms with E-state index in [1.807, 2.05) is 45.4 Å². The first-order chi connectivity index (χ1) is 18.8.